The van der Waals surface area contributed by atoms with Gasteiger partial charge >= 0.3 is 0 Å². The van der Waals surface area contributed by atoms with E-state index in [1.165, 1.54) is 0 Å². The minimum absolute atomic E-state index is 0.362. The van der Waals surface area contributed by atoms with Crippen molar-refractivity contribution in [1.82, 2.24) is 19.4 Å². The van der Waals surface area contributed by atoms with Crippen molar-refractivity contribution in [1.29, 1.82) is 0 Å². The van der Waals surface area contributed by atoms with E-state index in [0.29, 0.717) is 43.1 Å². The molecule has 1 amide bonds. The highest BCUT2D eigenvalue weighted by Crippen LogP contribution is 2.25. The van der Waals surface area contributed by atoms with Gasteiger partial charge < -0.3 is 14.5 Å². The molecule has 0 unspecified atom stereocenters. The first-order valence-corrected chi connectivity index (χ1v) is 10.8. The zero-order valence-corrected chi connectivity index (χ0v) is 18.2. The molecule has 1 aliphatic rings. The number of hydrogen-bond acceptors (Lipinski definition) is 6. The van der Waals surface area contributed by atoms with Gasteiger partial charge in [0.1, 0.15) is 5.75 Å². The SMILES string of the molecule is COc1ccc(N2CCN(C(=O)C(=O)c3cn(-c4ncccn4)c4ccccc34)CC2)cc1. The van der Waals surface area contributed by atoms with E-state index in [2.05, 4.69) is 14.9 Å². The Balaban J connectivity index is 1.34. The zero-order chi connectivity index (χ0) is 22.8. The molecule has 1 aliphatic heterocycles. The summed E-state index contributed by atoms with van der Waals surface area (Å²) in [7, 11) is 1.64. The zero-order valence-electron chi connectivity index (χ0n) is 18.2. The van der Waals surface area contributed by atoms with Gasteiger partial charge in [0.2, 0.25) is 5.95 Å². The van der Waals surface area contributed by atoms with Crippen LogP contribution in [0.1, 0.15) is 10.4 Å². The summed E-state index contributed by atoms with van der Waals surface area (Å²) >= 11 is 0. The fourth-order valence-electron chi connectivity index (χ4n) is 4.16. The van der Waals surface area contributed by atoms with Crippen molar-refractivity contribution in [2.45, 2.75) is 0 Å². The fraction of sp³-hybridized carbons (Fsp3) is 0.200. The minimum Gasteiger partial charge on any atom is -0.497 e. The second-order valence-electron chi connectivity index (χ2n) is 7.79. The molecule has 0 bridgehead atoms. The Morgan fingerprint density at radius 2 is 1.58 bits per heavy atom. The predicted molar refractivity (Wildman–Crippen MR) is 125 cm³/mol. The number of fused-ring (bicyclic) bond motifs is 1. The summed E-state index contributed by atoms with van der Waals surface area (Å²) < 4.78 is 6.96. The number of rotatable bonds is 5. The van der Waals surface area contributed by atoms with Gasteiger partial charge in [-0.15, -0.1) is 0 Å². The lowest BCUT2D eigenvalue weighted by Gasteiger charge is -2.35. The van der Waals surface area contributed by atoms with Crippen molar-refractivity contribution in [3.8, 4) is 11.7 Å². The van der Waals surface area contributed by atoms with E-state index in [9.17, 15) is 9.59 Å². The number of aromatic nitrogens is 3. The summed E-state index contributed by atoms with van der Waals surface area (Å²) in [5.74, 6) is 0.256. The molecule has 1 fully saturated rings. The van der Waals surface area contributed by atoms with Crippen LogP contribution in [0.4, 0.5) is 5.69 Å². The van der Waals surface area contributed by atoms with E-state index in [-0.39, 0.29) is 0 Å². The van der Waals surface area contributed by atoms with E-state index < -0.39 is 11.7 Å². The van der Waals surface area contributed by atoms with E-state index >= 15 is 0 Å². The molecular formula is C25H23N5O3. The van der Waals surface area contributed by atoms with E-state index in [1.54, 1.807) is 41.2 Å². The van der Waals surface area contributed by atoms with Gasteiger partial charge in [-0.25, -0.2) is 9.97 Å². The lowest BCUT2D eigenvalue weighted by atomic mass is 10.1. The Morgan fingerprint density at radius 1 is 0.879 bits per heavy atom. The molecule has 4 aromatic rings. The Kier molecular flexibility index (Phi) is 5.48. The first kappa shape index (κ1) is 20.7. The summed E-state index contributed by atoms with van der Waals surface area (Å²) in [5.41, 5.74) is 2.21. The molecule has 3 heterocycles. The van der Waals surface area contributed by atoms with Crippen LogP contribution in [0.3, 0.4) is 0 Å². The van der Waals surface area contributed by atoms with Crippen LogP contribution < -0.4 is 9.64 Å². The number of benzene rings is 2. The summed E-state index contributed by atoms with van der Waals surface area (Å²) in [4.78, 5) is 38.8. The molecule has 2 aromatic heterocycles. The second kappa shape index (κ2) is 8.74. The van der Waals surface area contributed by atoms with E-state index in [4.69, 9.17) is 4.74 Å². The molecule has 0 spiro atoms. The summed E-state index contributed by atoms with van der Waals surface area (Å²) in [6.45, 7) is 2.28. The molecule has 0 N–H and O–H groups in total. The van der Waals surface area contributed by atoms with Crippen molar-refractivity contribution >= 4 is 28.3 Å². The van der Waals surface area contributed by atoms with Crippen molar-refractivity contribution in [3.05, 3.63) is 78.8 Å². The highest BCUT2D eigenvalue weighted by atomic mass is 16.5. The van der Waals surface area contributed by atoms with E-state index in [0.717, 1.165) is 17.0 Å². The van der Waals surface area contributed by atoms with Crippen LogP contribution in [-0.4, -0.2) is 64.4 Å². The van der Waals surface area contributed by atoms with Crippen LogP contribution in [0.5, 0.6) is 5.75 Å². The standard InChI is InChI=1S/C25H23N5O3/c1-33-19-9-7-18(8-10-19)28-13-15-29(16-14-28)24(32)23(31)21-17-30(25-26-11-4-12-27-25)22-6-3-2-5-20(21)22/h2-12,17H,13-16H2,1H3. The number of nitrogens with zero attached hydrogens (tertiary/aromatic N) is 5. The van der Waals surface area contributed by atoms with E-state index in [1.807, 2.05) is 48.5 Å². The summed E-state index contributed by atoms with van der Waals surface area (Å²) in [6, 6.07) is 17.0. The number of methoxy groups -OCH3 is 1. The van der Waals surface area contributed by atoms with Gasteiger partial charge in [0.25, 0.3) is 11.7 Å². The monoisotopic (exact) mass is 441 g/mol. The fourth-order valence-corrected chi connectivity index (χ4v) is 4.16. The Bertz CT molecular complexity index is 1290. The van der Waals surface area contributed by atoms with Crippen LogP contribution >= 0.6 is 0 Å². The van der Waals surface area contributed by atoms with Gasteiger partial charge in [0, 0.05) is 55.8 Å². The molecular weight excluding hydrogens is 418 g/mol. The van der Waals surface area contributed by atoms with Gasteiger partial charge in [0.15, 0.2) is 0 Å². The van der Waals surface area contributed by atoms with Gasteiger partial charge in [-0.3, -0.25) is 14.2 Å². The Labute approximate surface area is 191 Å². The summed E-state index contributed by atoms with van der Waals surface area (Å²) in [5, 5.41) is 0.708. The first-order valence-electron chi connectivity index (χ1n) is 10.8. The molecule has 5 rings (SSSR count). The second-order valence-corrected chi connectivity index (χ2v) is 7.79. The van der Waals surface area contributed by atoms with Crippen LogP contribution in [-0.2, 0) is 4.79 Å². The molecule has 0 radical (unpaired) electrons. The molecule has 0 saturated carbocycles. The lowest BCUT2D eigenvalue weighted by Crippen LogP contribution is -2.50. The van der Waals surface area contributed by atoms with Crippen molar-refractivity contribution in [2.24, 2.45) is 0 Å². The number of piperazine rings is 1. The molecule has 33 heavy (non-hydrogen) atoms. The third-order valence-corrected chi connectivity index (χ3v) is 5.92. The number of carbonyl (C=O) groups is 2. The average Bonchev–Trinajstić information content (AvgIpc) is 3.28. The van der Waals surface area contributed by atoms with Crippen molar-refractivity contribution in [3.63, 3.8) is 0 Å². The number of carbonyl (C=O) groups excluding carboxylic acids is 2. The molecule has 8 nitrogen and oxygen atoms in total. The number of ether oxygens (including phenoxy) is 1. The number of amides is 1. The van der Waals surface area contributed by atoms with Crippen LogP contribution in [0, 0.1) is 0 Å². The third kappa shape index (κ3) is 3.91. The third-order valence-electron chi connectivity index (χ3n) is 5.92. The first-order chi connectivity index (χ1) is 16.2. The molecule has 1 saturated heterocycles. The van der Waals surface area contributed by atoms with Crippen LogP contribution in [0.2, 0.25) is 0 Å². The highest BCUT2D eigenvalue weighted by Gasteiger charge is 2.29. The number of Topliss-reactive ketones (excluding diaryl/α,β-unsaturated/α-hetero) is 1. The van der Waals surface area contributed by atoms with Gasteiger partial charge in [-0.05, 0) is 36.4 Å². The number of ketones is 1. The maximum Gasteiger partial charge on any atom is 0.295 e. The predicted octanol–water partition coefficient (Wildman–Crippen LogP) is 2.96. The topological polar surface area (TPSA) is 80.6 Å². The number of hydrogen-bond donors (Lipinski definition) is 0. The largest absolute Gasteiger partial charge is 0.497 e. The average molecular weight is 441 g/mol. The Hall–Kier alpha value is -4.20. The minimum atomic E-state index is -0.515. The molecule has 0 aliphatic carbocycles. The summed E-state index contributed by atoms with van der Waals surface area (Å²) in [6.07, 6.45) is 4.95. The van der Waals surface area contributed by atoms with Gasteiger partial charge in [-0.1, -0.05) is 18.2 Å². The molecule has 0 atom stereocenters. The molecule has 166 valence electrons. The normalized spacial score (nSPS) is 13.8. The van der Waals surface area contributed by atoms with Gasteiger partial charge in [0.05, 0.1) is 18.2 Å². The van der Waals surface area contributed by atoms with Crippen LogP contribution in [0.25, 0.3) is 16.9 Å². The quantitative estimate of drug-likeness (QED) is 0.350. The number of para-hydroxylation sites is 1. The van der Waals surface area contributed by atoms with Crippen molar-refractivity contribution in [2.75, 3.05) is 38.2 Å². The lowest BCUT2D eigenvalue weighted by molar-refractivity contribution is -0.126. The maximum absolute atomic E-state index is 13.3. The highest BCUT2D eigenvalue weighted by molar-refractivity contribution is 6.45. The van der Waals surface area contributed by atoms with Crippen molar-refractivity contribution < 1.29 is 14.3 Å². The Morgan fingerprint density at radius 3 is 2.27 bits per heavy atom. The smallest absolute Gasteiger partial charge is 0.295 e. The van der Waals surface area contributed by atoms with Crippen LogP contribution in [0.15, 0.2) is 73.2 Å². The molecule has 2 aromatic carbocycles. The van der Waals surface area contributed by atoms with Gasteiger partial charge in [-0.2, -0.15) is 0 Å². The maximum atomic E-state index is 13.3. The number of anilines is 1. The molecule has 8 heteroatoms.